The Morgan fingerprint density at radius 1 is 1.34 bits per heavy atom. The van der Waals surface area contributed by atoms with Crippen molar-refractivity contribution in [2.75, 3.05) is 20.3 Å². The molecule has 2 aliphatic heterocycles. The normalized spacial score (nSPS) is 39.0. The van der Waals surface area contributed by atoms with Gasteiger partial charge in [-0.05, 0) is 38.8 Å². The second kappa shape index (κ2) is 5.86. The molecule has 0 radical (unpaired) electrons. The van der Waals surface area contributed by atoms with Crippen molar-refractivity contribution >= 4 is 5.97 Å². The van der Waals surface area contributed by atoms with Crippen LogP contribution in [0.3, 0.4) is 0 Å². The van der Waals surface area contributed by atoms with Gasteiger partial charge in [0.2, 0.25) is 6.73 Å². The van der Waals surface area contributed by atoms with Crippen molar-refractivity contribution in [1.82, 2.24) is 0 Å². The molecule has 2 heterocycles. The highest BCUT2D eigenvalue weighted by molar-refractivity contribution is 5.75. The van der Waals surface area contributed by atoms with Gasteiger partial charge in [0.25, 0.3) is 0 Å². The van der Waals surface area contributed by atoms with E-state index in [1.54, 1.807) is 0 Å². The smallest absolute Gasteiger partial charge is 0.315 e. The number of ether oxygens (including phenoxy) is 2. The lowest BCUT2D eigenvalue weighted by molar-refractivity contribution is -0.958. The van der Waals surface area contributed by atoms with Crippen LogP contribution in [0.2, 0.25) is 0 Å². The first-order valence-corrected chi connectivity index (χ1v) is 10.8. The minimum absolute atomic E-state index is 0.150. The predicted octanol–water partition coefficient (Wildman–Crippen LogP) is 2.86. The number of aliphatic hydroxyl groups is 1. The Bertz CT molecular complexity index is 916. The van der Waals surface area contributed by atoms with E-state index in [1.165, 1.54) is 11.1 Å². The van der Waals surface area contributed by atoms with E-state index in [0.29, 0.717) is 17.3 Å². The number of aryl methyl sites for hydroxylation is 1. The van der Waals surface area contributed by atoms with Gasteiger partial charge in [-0.2, -0.15) is 0 Å². The lowest BCUT2D eigenvalue weighted by Gasteiger charge is -2.59. The summed E-state index contributed by atoms with van der Waals surface area (Å²) in [4.78, 5) is 12.4. The zero-order valence-electron chi connectivity index (χ0n) is 18.1. The van der Waals surface area contributed by atoms with Crippen LogP contribution in [-0.4, -0.2) is 54.1 Å². The van der Waals surface area contributed by atoms with Gasteiger partial charge in [-0.3, -0.25) is 9.28 Å². The number of likely N-dealkylation sites (tertiary alicyclic amines) is 1. The van der Waals surface area contributed by atoms with Gasteiger partial charge in [0.05, 0.1) is 24.4 Å². The van der Waals surface area contributed by atoms with Crippen LogP contribution in [0, 0.1) is 18.3 Å². The summed E-state index contributed by atoms with van der Waals surface area (Å²) in [7, 11) is 2.22. The molecule has 0 amide bonds. The number of carbonyl (C=O) groups excluding carboxylic acids is 1. The molecule has 0 aromatic heterocycles. The van der Waals surface area contributed by atoms with Crippen LogP contribution < -0.4 is 4.74 Å². The lowest BCUT2D eigenvalue weighted by Crippen LogP contribution is -2.71. The number of nitrogens with zero attached hydrogens (tertiary/aromatic N) is 1. The second-order valence-electron chi connectivity index (χ2n) is 10.8. The molecule has 1 N–H and O–H groups in total. The largest absolute Gasteiger partial charge is 0.486 e. The number of benzene rings is 1. The van der Waals surface area contributed by atoms with Gasteiger partial charge in [-0.1, -0.05) is 24.3 Å². The zero-order chi connectivity index (χ0) is 20.8. The van der Waals surface area contributed by atoms with Crippen LogP contribution in [0.25, 0.3) is 0 Å². The molecule has 5 nitrogen and oxygen atoms in total. The van der Waals surface area contributed by atoms with Crippen LogP contribution in [0.15, 0.2) is 24.3 Å². The van der Waals surface area contributed by atoms with E-state index in [4.69, 9.17) is 9.47 Å². The summed E-state index contributed by atoms with van der Waals surface area (Å²) in [6.07, 6.45) is 5.20. The highest BCUT2D eigenvalue weighted by atomic mass is 16.5. The Balaban J connectivity index is 1.57. The van der Waals surface area contributed by atoms with Crippen LogP contribution in [0.5, 0.6) is 5.75 Å². The topological polar surface area (TPSA) is 55.8 Å². The minimum Gasteiger partial charge on any atom is -0.486 e. The molecule has 0 saturated carbocycles. The third-order valence-electron chi connectivity index (χ3n) is 7.86. The molecule has 5 heteroatoms. The molecule has 4 aliphatic rings. The average Bonchev–Trinajstić information content (AvgIpc) is 3.02. The Labute approximate surface area is 172 Å². The molecule has 29 heavy (non-hydrogen) atoms. The van der Waals surface area contributed by atoms with Crippen LogP contribution >= 0.6 is 0 Å². The summed E-state index contributed by atoms with van der Waals surface area (Å²) in [5.74, 6) is 1.12. The van der Waals surface area contributed by atoms with E-state index in [1.807, 2.05) is 26.8 Å². The van der Waals surface area contributed by atoms with Gasteiger partial charge < -0.3 is 14.6 Å². The van der Waals surface area contributed by atoms with Crippen molar-refractivity contribution in [3.8, 4) is 5.75 Å². The molecular formula is C24H32NO4+. The minimum atomic E-state index is -0.583. The first kappa shape index (κ1) is 19.1. The fourth-order valence-electron chi connectivity index (χ4n) is 6.23. The van der Waals surface area contributed by atoms with Crippen LogP contribution in [0.1, 0.15) is 43.9 Å². The molecule has 156 valence electrons. The van der Waals surface area contributed by atoms with Crippen molar-refractivity contribution in [1.29, 1.82) is 0 Å². The maximum Gasteiger partial charge on any atom is 0.315 e. The summed E-state index contributed by atoms with van der Waals surface area (Å²) in [6, 6.07) is 4.68. The molecule has 6 atom stereocenters. The van der Waals surface area contributed by atoms with Crippen molar-refractivity contribution in [3.63, 3.8) is 0 Å². The summed E-state index contributed by atoms with van der Waals surface area (Å²) < 4.78 is 13.0. The molecule has 1 unspecified atom stereocenters. The van der Waals surface area contributed by atoms with Crippen molar-refractivity contribution in [3.05, 3.63) is 41.0 Å². The highest BCUT2D eigenvalue weighted by Gasteiger charge is 2.67. The van der Waals surface area contributed by atoms with Gasteiger partial charge in [-0.15, -0.1) is 0 Å². The molecular weight excluding hydrogens is 366 g/mol. The Morgan fingerprint density at radius 2 is 2.10 bits per heavy atom. The molecule has 2 bridgehead atoms. The summed E-state index contributed by atoms with van der Waals surface area (Å²) in [5.41, 5.74) is 3.16. The molecule has 1 fully saturated rings. The number of esters is 1. The van der Waals surface area contributed by atoms with E-state index in [9.17, 15) is 9.90 Å². The molecule has 1 aromatic carbocycles. The number of likely N-dealkylation sites (N-methyl/N-ethyl adjacent to an activating group) is 1. The van der Waals surface area contributed by atoms with Crippen LogP contribution in [-0.2, 0) is 21.4 Å². The lowest BCUT2D eigenvalue weighted by atomic mass is 9.52. The van der Waals surface area contributed by atoms with Gasteiger partial charge in [0.1, 0.15) is 24.0 Å². The number of hydrogen-bond donors (Lipinski definition) is 1. The number of aliphatic hydroxyl groups excluding tert-OH is 1. The summed E-state index contributed by atoms with van der Waals surface area (Å²) >= 11 is 0. The number of piperidine rings is 1. The van der Waals surface area contributed by atoms with E-state index in [0.717, 1.165) is 30.7 Å². The summed E-state index contributed by atoms with van der Waals surface area (Å²) in [6.45, 7) is 9.08. The Hall–Kier alpha value is -1.85. The van der Waals surface area contributed by atoms with E-state index >= 15 is 0 Å². The van der Waals surface area contributed by atoms with Gasteiger partial charge >= 0.3 is 5.97 Å². The summed E-state index contributed by atoms with van der Waals surface area (Å²) in [5, 5.41) is 10.8. The zero-order valence-corrected chi connectivity index (χ0v) is 18.1. The van der Waals surface area contributed by atoms with Crippen molar-refractivity contribution in [2.45, 2.75) is 64.2 Å². The monoisotopic (exact) mass is 398 g/mol. The third kappa shape index (κ3) is 2.43. The average molecular weight is 399 g/mol. The molecule has 2 aliphatic carbocycles. The molecule has 1 saturated heterocycles. The Kier molecular flexibility index (Phi) is 3.86. The first-order chi connectivity index (χ1) is 13.6. The van der Waals surface area contributed by atoms with Crippen molar-refractivity contribution in [2.24, 2.45) is 11.3 Å². The van der Waals surface area contributed by atoms with E-state index in [-0.39, 0.29) is 23.4 Å². The quantitative estimate of drug-likeness (QED) is 0.473. The highest BCUT2D eigenvalue weighted by Crippen LogP contribution is 2.62. The predicted molar refractivity (Wildman–Crippen MR) is 109 cm³/mol. The number of quaternary nitrogens is 1. The maximum absolute atomic E-state index is 12.4. The number of hydrogen-bond acceptors (Lipinski definition) is 4. The second-order valence-corrected chi connectivity index (χ2v) is 10.8. The standard InChI is InChI=1S/C24H32NO4/c1-14-6-7-15-12-17-16-8-9-18(26)21-24(16,19(15)20(14)29-21)10-11-25(17,5)13-28-22(27)23(2,3)4/h6-9,16-18,21,26H,10-13H2,1-5H3/q+1/t16-,17?,18-,21-,24-,25-/m0/s1. The molecule has 1 spiro atoms. The van der Waals surface area contributed by atoms with Gasteiger partial charge in [-0.25, -0.2) is 0 Å². The van der Waals surface area contributed by atoms with Crippen LogP contribution in [0.4, 0.5) is 0 Å². The van der Waals surface area contributed by atoms with Gasteiger partial charge in [0, 0.05) is 24.3 Å². The fourth-order valence-corrected chi connectivity index (χ4v) is 6.23. The Morgan fingerprint density at radius 3 is 2.83 bits per heavy atom. The number of carbonyl (C=O) groups is 1. The van der Waals surface area contributed by atoms with Crippen molar-refractivity contribution < 1.29 is 23.9 Å². The van der Waals surface area contributed by atoms with E-state index in [2.05, 4.69) is 32.2 Å². The maximum atomic E-state index is 12.4. The molecule has 1 aromatic rings. The molecule has 5 rings (SSSR count). The SMILES string of the molecule is Cc1ccc2c3c1O[C@H]1[C@@H](O)C=C[C@H]4C(C2)[N@+](C)(COC(=O)C(C)(C)C)CC[C@@]341. The number of rotatable bonds is 2. The fraction of sp³-hybridized carbons (Fsp3) is 0.625. The first-order valence-electron chi connectivity index (χ1n) is 10.8. The van der Waals surface area contributed by atoms with E-state index < -0.39 is 11.5 Å². The van der Waals surface area contributed by atoms with Gasteiger partial charge in [0.15, 0.2) is 0 Å². The third-order valence-corrected chi connectivity index (χ3v) is 7.86.